The number of aryl methyl sites for hydroxylation is 2. The van der Waals surface area contributed by atoms with E-state index in [-0.39, 0.29) is 5.91 Å². The van der Waals surface area contributed by atoms with Crippen molar-refractivity contribution in [2.45, 2.75) is 13.8 Å². The lowest BCUT2D eigenvalue weighted by molar-refractivity contribution is 0.0987. The Morgan fingerprint density at radius 1 is 1.15 bits per heavy atom. The summed E-state index contributed by atoms with van der Waals surface area (Å²) in [5, 5.41) is 10.7. The molecule has 0 radical (unpaired) electrons. The molecular weight excluding hydrogens is 252 g/mol. The minimum absolute atomic E-state index is 0.174. The number of hydrogen-bond acceptors (Lipinski definition) is 4. The summed E-state index contributed by atoms with van der Waals surface area (Å²) in [5.41, 5.74) is 3.43. The van der Waals surface area contributed by atoms with Gasteiger partial charge in [0.05, 0.1) is 0 Å². The summed E-state index contributed by atoms with van der Waals surface area (Å²) in [5.74, 6) is 0.461. The van der Waals surface area contributed by atoms with Crippen molar-refractivity contribution in [3.05, 3.63) is 47.2 Å². The lowest BCUT2D eigenvalue weighted by atomic mass is 10.1. The Balaban J connectivity index is 2.27. The van der Waals surface area contributed by atoms with Crippen molar-refractivity contribution in [2.75, 3.05) is 24.3 Å². The molecule has 0 saturated heterocycles. The number of aromatic nitrogens is 2. The maximum absolute atomic E-state index is 12.4. The number of carbonyl (C=O) groups is 1. The number of benzene rings is 1. The van der Waals surface area contributed by atoms with Crippen LogP contribution in [0.3, 0.4) is 0 Å². The van der Waals surface area contributed by atoms with E-state index < -0.39 is 0 Å². The van der Waals surface area contributed by atoms with Crippen molar-refractivity contribution in [1.29, 1.82) is 0 Å². The van der Waals surface area contributed by atoms with E-state index in [0.29, 0.717) is 11.5 Å². The van der Waals surface area contributed by atoms with Gasteiger partial charge >= 0.3 is 0 Å². The summed E-state index contributed by atoms with van der Waals surface area (Å²) in [6.45, 7) is 4.02. The highest BCUT2D eigenvalue weighted by Crippen LogP contribution is 2.21. The summed E-state index contributed by atoms with van der Waals surface area (Å²) < 4.78 is 0. The molecule has 5 heteroatoms. The molecule has 0 unspecified atom stereocenters. The van der Waals surface area contributed by atoms with Gasteiger partial charge in [0.25, 0.3) is 5.91 Å². The topological polar surface area (TPSA) is 58.1 Å². The van der Waals surface area contributed by atoms with Gasteiger partial charge in [-0.3, -0.25) is 4.79 Å². The zero-order chi connectivity index (χ0) is 14.7. The van der Waals surface area contributed by atoms with Crippen LogP contribution in [0.15, 0.2) is 30.3 Å². The Kier molecular flexibility index (Phi) is 3.98. The Hall–Kier alpha value is -2.43. The van der Waals surface area contributed by atoms with Crippen LogP contribution in [-0.2, 0) is 0 Å². The molecule has 0 fully saturated rings. The summed E-state index contributed by atoms with van der Waals surface area (Å²) in [7, 11) is 3.50. The zero-order valence-corrected chi connectivity index (χ0v) is 12.1. The second-order valence-electron chi connectivity index (χ2n) is 4.71. The van der Waals surface area contributed by atoms with E-state index in [2.05, 4.69) is 21.6 Å². The van der Waals surface area contributed by atoms with E-state index in [1.165, 1.54) is 5.56 Å². The van der Waals surface area contributed by atoms with Crippen LogP contribution >= 0.6 is 0 Å². The normalized spacial score (nSPS) is 10.2. The van der Waals surface area contributed by atoms with Crippen LogP contribution in [0.4, 0.5) is 11.5 Å². The molecule has 0 aliphatic heterocycles. The Bertz CT molecular complexity index is 622. The molecule has 5 nitrogen and oxygen atoms in total. The Morgan fingerprint density at radius 2 is 1.90 bits per heavy atom. The molecule has 1 aromatic heterocycles. The van der Waals surface area contributed by atoms with Gasteiger partial charge in [-0.25, -0.2) is 0 Å². The third-order valence-electron chi connectivity index (χ3n) is 3.16. The molecule has 0 aliphatic rings. The van der Waals surface area contributed by atoms with Crippen LogP contribution in [0.2, 0.25) is 0 Å². The first-order valence-electron chi connectivity index (χ1n) is 6.39. The molecule has 0 aliphatic carbocycles. The molecule has 2 rings (SSSR count). The van der Waals surface area contributed by atoms with Crippen LogP contribution in [-0.4, -0.2) is 30.2 Å². The summed E-state index contributed by atoms with van der Waals surface area (Å²) >= 11 is 0. The van der Waals surface area contributed by atoms with Gasteiger partial charge in [0.1, 0.15) is 5.82 Å². The van der Waals surface area contributed by atoms with Gasteiger partial charge in [-0.05, 0) is 37.6 Å². The van der Waals surface area contributed by atoms with Crippen molar-refractivity contribution in [2.24, 2.45) is 0 Å². The lowest BCUT2D eigenvalue weighted by Crippen LogP contribution is -2.28. The van der Waals surface area contributed by atoms with Crippen LogP contribution in [0, 0.1) is 13.8 Å². The van der Waals surface area contributed by atoms with Gasteiger partial charge < -0.3 is 10.2 Å². The first-order valence-corrected chi connectivity index (χ1v) is 6.39. The molecule has 0 saturated carbocycles. The Labute approximate surface area is 118 Å². The van der Waals surface area contributed by atoms with Crippen molar-refractivity contribution in [3.63, 3.8) is 0 Å². The number of nitrogens with one attached hydrogen (secondary N) is 1. The average molecular weight is 270 g/mol. The minimum Gasteiger partial charge on any atom is -0.372 e. The second kappa shape index (κ2) is 5.69. The van der Waals surface area contributed by atoms with E-state index in [0.717, 1.165) is 11.3 Å². The summed E-state index contributed by atoms with van der Waals surface area (Å²) in [6, 6.07) is 9.38. The van der Waals surface area contributed by atoms with Gasteiger partial charge in [0.15, 0.2) is 5.69 Å². The number of amides is 1. The second-order valence-corrected chi connectivity index (χ2v) is 4.71. The molecule has 0 atom stereocenters. The molecule has 2 aromatic rings. The SMILES string of the molecule is CNc1ccc(C(=O)N(C)c2ccc(C)cc2C)nn1. The minimum atomic E-state index is -0.174. The number of carbonyl (C=O) groups excluding carboxylic acids is 1. The van der Waals surface area contributed by atoms with E-state index >= 15 is 0 Å². The Morgan fingerprint density at radius 3 is 2.45 bits per heavy atom. The predicted octanol–water partition coefficient (Wildman–Crippen LogP) is 2.41. The number of anilines is 2. The number of hydrogen-bond donors (Lipinski definition) is 1. The van der Waals surface area contributed by atoms with E-state index in [4.69, 9.17) is 0 Å². The maximum Gasteiger partial charge on any atom is 0.278 e. The fraction of sp³-hybridized carbons (Fsp3) is 0.267. The standard InChI is InChI=1S/C15H18N4O/c1-10-5-7-13(11(2)9-10)19(4)15(20)12-6-8-14(16-3)18-17-12/h5-9H,1-4H3,(H,16,18). The smallest absolute Gasteiger partial charge is 0.278 e. The fourth-order valence-corrected chi connectivity index (χ4v) is 2.04. The third kappa shape index (κ3) is 2.77. The van der Waals surface area contributed by atoms with Crippen molar-refractivity contribution < 1.29 is 4.79 Å². The summed E-state index contributed by atoms with van der Waals surface area (Å²) in [6.07, 6.45) is 0. The first-order chi connectivity index (χ1) is 9.52. The van der Waals surface area contributed by atoms with Gasteiger partial charge in [0, 0.05) is 19.8 Å². The average Bonchev–Trinajstić information content (AvgIpc) is 2.46. The van der Waals surface area contributed by atoms with Crippen LogP contribution in [0.25, 0.3) is 0 Å². The van der Waals surface area contributed by atoms with Crippen molar-refractivity contribution in [3.8, 4) is 0 Å². The van der Waals surface area contributed by atoms with Crippen LogP contribution in [0.1, 0.15) is 21.6 Å². The molecular formula is C15H18N4O. The quantitative estimate of drug-likeness (QED) is 0.930. The molecule has 20 heavy (non-hydrogen) atoms. The zero-order valence-electron chi connectivity index (χ0n) is 12.1. The lowest BCUT2D eigenvalue weighted by Gasteiger charge is -2.19. The highest BCUT2D eigenvalue weighted by Gasteiger charge is 2.16. The highest BCUT2D eigenvalue weighted by molar-refractivity contribution is 6.04. The van der Waals surface area contributed by atoms with Crippen LogP contribution < -0.4 is 10.2 Å². The molecule has 0 bridgehead atoms. The van der Waals surface area contributed by atoms with Gasteiger partial charge in [-0.15, -0.1) is 10.2 Å². The molecule has 1 aromatic carbocycles. The molecule has 0 spiro atoms. The van der Waals surface area contributed by atoms with Crippen LogP contribution in [0.5, 0.6) is 0 Å². The molecule has 104 valence electrons. The highest BCUT2D eigenvalue weighted by atomic mass is 16.2. The fourth-order valence-electron chi connectivity index (χ4n) is 2.04. The van der Waals surface area contributed by atoms with Gasteiger partial charge in [-0.2, -0.15) is 0 Å². The third-order valence-corrected chi connectivity index (χ3v) is 3.16. The summed E-state index contributed by atoms with van der Waals surface area (Å²) in [4.78, 5) is 14.0. The maximum atomic E-state index is 12.4. The number of rotatable bonds is 3. The van der Waals surface area contributed by atoms with Crippen molar-refractivity contribution in [1.82, 2.24) is 10.2 Å². The molecule has 1 amide bonds. The molecule has 1 heterocycles. The van der Waals surface area contributed by atoms with E-state index in [1.54, 1.807) is 31.1 Å². The molecule has 1 N–H and O–H groups in total. The van der Waals surface area contributed by atoms with E-state index in [9.17, 15) is 4.79 Å². The first kappa shape index (κ1) is 14.0. The van der Waals surface area contributed by atoms with Gasteiger partial charge in [0.2, 0.25) is 0 Å². The largest absolute Gasteiger partial charge is 0.372 e. The van der Waals surface area contributed by atoms with E-state index in [1.807, 2.05) is 26.0 Å². The monoisotopic (exact) mass is 270 g/mol. The number of nitrogens with zero attached hydrogens (tertiary/aromatic N) is 3. The van der Waals surface area contributed by atoms with Crippen molar-refractivity contribution >= 4 is 17.4 Å². The van der Waals surface area contributed by atoms with Gasteiger partial charge in [-0.1, -0.05) is 17.7 Å². The predicted molar refractivity (Wildman–Crippen MR) is 80.2 cm³/mol.